The average molecular weight is 231 g/mol. The number of aliphatic hydroxyl groups excluding tert-OH is 1. The second-order valence-corrected chi connectivity index (χ2v) is 3.89. The van der Waals surface area contributed by atoms with Gasteiger partial charge in [0.05, 0.1) is 5.56 Å². The Hall–Kier alpha value is -1.23. The summed E-state index contributed by atoms with van der Waals surface area (Å²) in [6.45, 7) is 0.583. The summed E-state index contributed by atoms with van der Waals surface area (Å²) < 4.78 is 37.5. The summed E-state index contributed by atoms with van der Waals surface area (Å²) in [6, 6.07) is 3.71. The standard InChI is InChI=1S/C11H12F3NO/c12-11(13,14)8-1-2-10-9(5-8)7(3-4-16)6-15-10/h1-2,5,7,15-16H,3-4,6H2. The van der Waals surface area contributed by atoms with E-state index < -0.39 is 11.7 Å². The van der Waals surface area contributed by atoms with Crippen LogP contribution in [0.25, 0.3) is 0 Å². The second kappa shape index (κ2) is 3.97. The molecule has 0 aliphatic carbocycles. The third-order valence-electron chi connectivity index (χ3n) is 2.84. The lowest BCUT2D eigenvalue weighted by molar-refractivity contribution is -0.137. The largest absolute Gasteiger partial charge is 0.416 e. The Kier molecular flexibility index (Phi) is 2.80. The van der Waals surface area contributed by atoms with E-state index >= 15 is 0 Å². The van der Waals surface area contributed by atoms with Crippen LogP contribution in [0.3, 0.4) is 0 Å². The minimum atomic E-state index is -4.30. The molecule has 0 saturated heterocycles. The van der Waals surface area contributed by atoms with Gasteiger partial charge in [0.25, 0.3) is 0 Å². The van der Waals surface area contributed by atoms with Gasteiger partial charge in [-0.2, -0.15) is 13.2 Å². The normalized spacial score (nSPS) is 19.4. The molecule has 1 aromatic carbocycles. The molecule has 2 nitrogen and oxygen atoms in total. The minimum absolute atomic E-state index is 0.0119. The molecule has 2 rings (SSSR count). The van der Waals surface area contributed by atoms with Gasteiger partial charge in [0.15, 0.2) is 0 Å². The van der Waals surface area contributed by atoms with Crippen LogP contribution in [0.2, 0.25) is 0 Å². The Morgan fingerprint density at radius 3 is 2.75 bits per heavy atom. The molecule has 0 fully saturated rings. The third kappa shape index (κ3) is 2.00. The minimum Gasteiger partial charge on any atom is -0.396 e. The zero-order valence-electron chi connectivity index (χ0n) is 8.51. The maximum Gasteiger partial charge on any atom is 0.416 e. The van der Waals surface area contributed by atoms with E-state index in [9.17, 15) is 13.2 Å². The fourth-order valence-corrected chi connectivity index (χ4v) is 1.99. The zero-order valence-corrected chi connectivity index (χ0v) is 8.51. The number of halogens is 3. The average Bonchev–Trinajstić information content (AvgIpc) is 2.60. The number of alkyl halides is 3. The van der Waals surface area contributed by atoms with E-state index in [1.807, 2.05) is 0 Å². The summed E-state index contributed by atoms with van der Waals surface area (Å²) in [5.41, 5.74) is 0.771. The first-order valence-electron chi connectivity index (χ1n) is 5.08. The summed E-state index contributed by atoms with van der Waals surface area (Å²) >= 11 is 0. The van der Waals surface area contributed by atoms with Crippen molar-refractivity contribution in [2.24, 2.45) is 0 Å². The van der Waals surface area contributed by atoms with Crippen LogP contribution in [-0.4, -0.2) is 18.3 Å². The topological polar surface area (TPSA) is 32.3 Å². The van der Waals surface area contributed by atoms with Crippen molar-refractivity contribution in [2.45, 2.75) is 18.5 Å². The summed E-state index contributed by atoms with van der Waals surface area (Å²) in [6.07, 6.45) is -3.82. The van der Waals surface area contributed by atoms with Crippen LogP contribution >= 0.6 is 0 Å². The molecule has 1 unspecified atom stereocenters. The SMILES string of the molecule is OCCC1CNc2ccc(C(F)(F)F)cc21. The number of fused-ring (bicyclic) bond motifs is 1. The fourth-order valence-electron chi connectivity index (χ4n) is 1.99. The van der Waals surface area contributed by atoms with Gasteiger partial charge >= 0.3 is 6.18 Å². The molecule has 0 saturated carbocycles. The monoisotopic (exact) mass is 231 g/mol. The first kappa shape index (κ1) is 11.3. The van der Waals surface area contributed by atoms with E-state index in [4.69, 9.17) is 5.11 Å². The number of aliphatic hydroxyl groups is 1. The molecular formula is C11H12F3NO. The smallest absolute Gasteiger partial charge is 0.396 e. The Balaban J connectivity index is 2.34. The van der Waals surface area contributed by atoms with Crippen LogP contribution in [0.5, 0.6) is 0 Å². The molecule has 0 spiro atoms. The van der Waals surface area contributed by atoms with Crippen LogP contribution in [0, 0.1) is 0 Å². The van der Waals surface area contributed by atoms with Crippen molar-refractivity contribution in [1.82, 2.24) is 0 Å². The molecule has 0 bridgehead atoms. The van der Waals surface area contributed by atoms with Gasteiger partial charge in [-0.25, -0.2) is 0 Å². The van der Waals surface area contributed by atoms with Crippen LogP contribution < -0.4 is 5.32 Å². The molecule has 2 N–H and O–H groups in total. The molecule has 1 aliphatic rings. The van der Waals surface area contributed by atoms with Crippen LogP contribution in [-0.2, 0) is 6.18 Å². The quantitative estimate of drug-likeness (QED) is 0.820. The van der Waals surface area contributed by atoms with Crippen molar-refractivity contribution in [1.29, 1.82) is 0 Å². The molecule has 1 aromatic rings. The van der Waals surface area contributed by atoms with Gasteiger partial charge in [-0.1, -0.05) is 0 Å². The Bertz CT molecular complexity index is 387. The molecule has 0 aromatic heterocycles. The summed E-state index contributed by atoms with van der Waals surface area (Å²) in [5, 5.41) is 11.9. The van der Waals surface area contributed by atoms with Gasteiger partial charge in [-0.05, 0) is 30.2 Å². The number of rotatable bonds is 2. The Morgan fingerprint density at radius 2 is 2.12 bits per heavy atom. The molecule has 1 atom stereocenters. The van der Waals surface area contributed by atoms with Crippen molar-refractivity contribution in [2.75, 3.05) is 18.5 Å². The Morgan fingerprint density at radius 1 is 1.38 bits per heavy atom. The Labute approximate surface area is 91.1 Å². The lowest BCUT2D eigenvalue weighted by atomic mass is 9.96. The first-order chi connectivity index (χ1) is 7.52. The van der Waals surface area contributed by atoms with E-state index in [0.29, 0.717) is 18.5 Å². The number of nitrogens with one attached hydrogen (secondary N) is 1. The van der Waals surface area contributed by atoms with E-state index in [1.165, 1.54) is 12.1 Å². The highest BCUT2D eigenvalue weighted by Crippen LogP contribution is 2.38. The zero-order chi connectivity index (χ0) is 11.8. The van der Waals surface area contributed by atoms with Crippen LogP contribution in [0.15, 0.2) is 18.2 Å². The fraction of sp³-hybridized carbons (Fsp3) is 0.455. The van der Waals surface area contributed by atoms with Crippen molar-refractivity contribution in [3.05, 3.63) is 29.3 Å². The van der Waals surface area contributed by atoms with E-state index in [1.54, 1.807) is 0 Å². The number of hydrogen-bond acceptors (Lipinski definition) is 2. The highest BCUT2D eigenvalue weighted by Gasteiger charge is 2.33. The van der Waals surface area contributed by atoms with Gasteiger partial charge in [0, 0.05) is 24.8 Å². The van der Waals surface area contributed by atoms with Crippen LogP contribution in [0.1, 0.15) is 23.5 Å². The lowest BCUT2D eigenvalue weighted by Gasteiger charge is -2.11. The highest BCUT2D eigenvalue weighted by molar-refractivity contribution is 5.59. The van der Waals surface area contributed by atoms with E-state index in [2.05, 4.69) is 5.32 Å². The van der Waals surface area contributed by atoms with Gasteiger partial charge < -0.3 is 10.4 Å². The predicted octanol–water partition coefficient (Wildman–Crippen LogP) is 2.60. The maximum absolute atomic E-state index is 12.5. The predicted molar refractivity (Wildman–Crippen MR) is 54.4 cm³/mol. The van der Waals surface area contributed by atoms with Crippen molar-refractivity contribution >= 4 is 5.69 Å². The molecule has 88 valence electrons. The number of anilines is 1. The molecule has 16 heavy (non-hydrogen) atoms. The van der Waals surface area contributed by atoms with E-state index in [-0.39, 0.29) is 12.5 Å². The summed E-state index contributed by atoms with van der Waals surface area (Å²) in [4.78, 5) is 0. The summed E-state index contributed by atoms with van der Waals surface area (Å²) in [5.74, 6) is -0.0256. The van der Waals surface area contributed by atoms with Gasteiger partial charge in [-0.15, -0.1) is 0 Å². The van der Waals surface area contributed by atoms with Crippen LogP contribution in [0.4, 0.5) is 18.9 Å². The molecule has 5 heteroatoms. The lowest BCUT2D eigenvalue weighted by Crippen LogP contribution is -2.07. The molecule has 0 radical (unpaired) electrons. The van der Waals surface area contributed by atoms with Crippen molar-refractivity contribution in [3.63, 3.8) is 0 Å². The van der Waals surface area contributed by atoms with Crippen molar-refractivity contribution < 1.29 is 18.3 Å². The van der Waals surface area contributed by atoms with E-state index in [0.717, 1.165) is 11.8 Å². The number of benzene rings is 1. The summed E-state index contributed by atoms with van der Waals surface area (Å²) in [7, 11) is 0. The maximum atomic E-state index is 12.5. The van der Waals surface area contributed by atoms with Crippen molar-refractivity contribution in [3.8, 4) is 0 Å². The van der Waals surface area contributed by atoms with Gasteiger partial charge in [-0.3, -0.25) is 0 Å². The molecular weight excluding hydrogens is 219 g/mol. The second-order valence-electron chi connectivity index (χ2n) is 3.89. The first-order valence-corrected chi connectivity index (χ1v) is 5.08. The molecule has 0 amide bonds. The highest BCUT2D eigenvalue weighted by atomic mass is 19.4. The van der Waals surface area contributed by atoms with Gasteiger partial charge in [0.1, 0.15) is 0 Å². The molecule has 1 heterocycles. The molecule has 1 aliphatic heterocycles. The third-order valence-corrected chi connectivity index (χ3v) is 2.84. The number of hydrogen-bond donors (Lipinski definition) is 2. The van der Waals surface area contributed by atoms with Gasteiger partial charge in [0.2, 0.25) is 0 Å².